The maximum Gasteiger partial charge on any atom is 0.339 e. The zero-order chi connectivity index (χ0) is 21.1. The van der Waals surface area contributed by atoms with Gasteiger partial charge in [0, 0.05) is 28.3 Å². The van der Waals surface area contributed by atoms with Gasteiger partial charge in [-0.2, -0.15) is 0 Å². The van der Waals surface area contributed by atoms with Crippen molar-refractivity contribution < 1.29 is 14.3 Å². The van der Waals surface area contributed by atoms with E-state index in [2.05, 4.69) is 5.32 Å². The van der Waals surface area contributed by atoms with Crippen LogP contribution < -0.4 is 5.32 Å². The molecule has 0 aliphatic heterocycles. The maximum atomic E-state index is 12.6. The van der Waals surface area contributed by atoms with Gasteiger partial charge in [-0.25, -0.2) is 4.79 Å². The van der Waals surface area contributed by atoms with E-state index in [1.165, 1.54) is 0 Å². The van der Waals surface area contributed by atoms with E-state index in [-0.39, 0.29) is 11.9 Å². The van der Waals surface area contributed by atoms with Gasteiger partial charge in [0.05, 0.1) is 12.2 Å². The summed E-state index contributed by atoms with van der Waals surface area (Å²) in [4.78, 5) is 24.8. The zero-order valence-electron chi connectivity index (χ0n) is 17.5. The highest BCUT2D eigenvalue weighted by atomic mass is 16.5. The van der Waals surface area contributed by atoms with Crippen LogP contribution >= 0.6 is 0 Å². The van der Waals surface area contributed by atoms with Gasteiger partial charge < -0.3 is 14.6 Å². The van der Waals surface area contributed by atoms with E-state index >= 15 is 0 Å². The number of carbonyl (C=O) groups is 2. The summed E-state index contributed by atoms with van der Waals surface area (Å²) < 4.78 is 7.12. The number of hydrogen-bond donors (Lipinski definition) is 1. The maximum absolute atomic E-state index is 12.6. The van der Waals surface area contributed by atoms with Crippen LogP contribution in [-0.2, 0) is 4.74 Å². The van der Waals surface area contributed by atoms with Crippen molar-refractivity contribution >= 4 is 17.6 Å². The van der Waals surface area contributed by atoms with Gasteiger partial charge in [-0.05, 0) is 76.6 Å². The normalized spacial score (nSPS) is 10.7. The second-order valence-electron chi connectivity index (χ2n) is 7.16. The Morgan fingerprint density at radius 2 is 1.66 bits per heavy atom. The van der Waals surface area contributed by atoms with Crippen molar-refractivity contribution in [3.8, 4) is 5.69 Å². The van der Waals surface area contributed by atoms with Gasteiger partial charge in [0.25, 0.3) is 5.91 Å². The van der Waals surface area contributed by atoms with Crippen molar-refractivity contribution in [2.75, 3.05) is 11.9 Å². The van der Waals surface area contributed by atoms with E-state index in [1.54, 1.807) is 19.1 Å². The third kappa shape index (κ3) is 4.24. The second-order valence-corrected chi connectivity index (χ2v) is 7.16. The van der Waals surface area contributed by atoms with Crippen LogP contribution in [0.2, 0.25) is 0 Å². The van der Waals surface area contributed by atoms with Crippen molar-refractivity contribution in [2.24, 2.45) is 0 Å². The number of hydrogen-bond acceptors (Lipinski definition) is 3. The molecule has 29 heavy (non-hydrogen) atoms. The minimum Gasteiger partial charge on any atom is -0.462 e. The summed E-state index contributed by atoms with van der Waals surface area (Å²) in [6.45, 7) is 9.96. The Balaban J connectivity index is 1.83. The van der Waals surface area contributed by atoms with Crippen molar-refractivity contribution in [1.82, 2.24) is 4.57 Å². The molecule has 0 saturated heterocycles. The molecule has 0 spiro atoms. The predicted octanol–water partition coefficient (Wildman–Crippen LogP) is 5.14. The molecule has 0 atom stereocenters. The monoisotopic (exact) mass is 390 g/mol. The number of anilines is 1. The third-order valence-electron chi connectivity index (χ3n) is 4.94. The molecule has 1 amide bonds. The lowest BCUT2D eigenvalue weighted by Crippen LogP contribution is -2.13. The molecular formula is C24H26N2O3. The number of carbonyl (C=O) groups excluding carboxylic acids is 2. The Bertz CT molecular complexity index is 1060. The molecule has 1 N–H and O–H groups in total. The highest BCUT2D eigenvalue weighted by Crippen LogP contribution is 2.23. The first kappa shape index (κ1) is 20.4. The Morgan fingerprint density at radius 1 is 0.966 bits per heavy atom. The molecule has 1 aromatic heterocycles. The highest BCUT2D eigenvalue weighted by Gasteiger charge is 2.18. The lowest BCUT2D eigenvalue weighted by Gasteiger charge is -2.12. The quantitative estimate of drug-likeness (QED) is 0.614. The van der Waals surface area contributed by atoms with E-state index in [0.717, 1.165) is 33.9 Å². The van der Waals surface area contributed by atoms with Gasteiger partial charge in [-0.15, -0.1) is 0 Å². The van der Waals surface area contributed by atoms with Crippen LogP contribution in [0, 0.1) is 27.7 Å². The lowest BCUT2D eigenvalue weighted by molar-refractivity contribution is 0.0525. The molecule has 0 aliphatic rings. The number of ether oxygens (including phenoxy) is 1. The van der Waals surface area contributed by atoms with Crippen LogP contribution in [0.25, 0.3) is 5.69 Å². The SMILES string of the molecule is CCOC(=O)c1cc(C)n(-c2ccc(C(=O)Nc3ccc(C)cc3C)cc2)c1C. The topological polar surface area (TPSA) is 60.3 Å². The molecule has 1 heterocycles. The largest absolute Gasteiger partial charge is 0.462 e. The fourth-order valence-corrected chi connectivity index (χ4v) is 3.49. The molecule has 0 saturated carbocycles. The molecule has 2 aromatic carbocycles. The smallest absolute Gasteiger partial charge is 0.339 e. The van der Waals surface area contributed by atoms with E-state index < -0.39 is 0 Å². The fourth-order valence-electron chi connectivity index (χ4n) is 3.49. The number of aromatic nitrogens is 1. The van der Waals surface area contributed by atoms with Crippen LogP contribution in [-0.4, -0.2) is 23.1 Å². The van der Waals surface area contributed by atoms with Crippen molar-refractivity contribution in [3.05, 3.63) is 82.2 Å². The Hall–Kier alpha value is -3.34. The summed E-state index contributed by atoms with van der Waals surface area (Å²) in [5, 5.41) is 2.96. The average Bonchev–Trinajstić information content (AvgIpc) is 2.98. The Labute approximate surface area is 171 Å². The molecule has 0 bridgehead atoms. The number of benzene rings is 2. The highest BCUT2D eigenvalue weighted by molar-refractivity contribution is 6.04. The number of amides is 1. The van der Waals surface area contributed by atoms with Crippen LogP contribution in [0.4, 0.5) is 5.69 Å². The van der Waals surface area contributed by atoms with E-state index in [9.17, 15) is 9.59 Å². The van der Waals surface area contributed by atoms with Crippen molar-refractivity contribution in [3.63, 3.8) is 0 Å². The molecule has 150 valence electrons. The van der Waals surface area contributed by atoms with Gasteiger partial charge >= 0.3 is 5.97 Å². The van der Waals surface area contributed by atoms with Gasteiger partial charge in [0.15, 0.2) is 0 Å². The van der Waals surface area contributed by atoms with E-state index in [4.69, 9.17) is 4.74 Å². The second kappa shape index (κ2) is 8.35. The molecular weight excluding hydrogens is 364 g/mol. The van der Waals surface area contributed by atoms with Crippen molar-refractivity contribution in [1.29, 1.82) is 0 Å². The Morgan fingerprint density at radius 3 is 2.28 bits per heavy atom. The van der Waals surface area contributed by atoms with E-state index in [1.807, 2.05) is 68.7 Å². The van der Waals surface area contributed by atoms with Crippen LogP contribution in [0.15, 0.2) is 48.5 Å². The van der Waals surface area contributed by atoms with Gasteiger partial charge in [0.1, 0.15) is 0 Å². The van der Waals surface area contributed by atoms with Gasteiger partial charge in [-0.3, -0.25) is 4.79 Å². The third-order valence-corrected chi connectivity index (χ3v) is 4.94. The van der Waals surface area contributed by atoms with Gasteiger partial charge in [-0.1, -0.05) is 17.7 Å². The summed E-state index contributed by atoms with van der Waals surface area (Å²) >= 11 is 0. The predicted molar refractivity (Wildman–Crippen MR) is 115 cm³/mol. The van der Waals surface area contributed by atoms with Crippen LogP contribution in [0.3, 0.4) is 0 Å². The molecule has 0 unspecified atom stereocenters. The first-order valence-electron chi connectivity index (χ1n) is 9.67. The summed E-state index contributed by atoms with van der Waals surface area (Å²) in [5.74, 6) is -0.479. The molecule has 3 rings (SSSR count). The fraction of sp³-hybridized carbons (Fsp3) is 0.250. The molecule has 3 aromatic rings. The van der Waals surface area contributed by atoms with Crippen LogP contribution in [0.5, 0.6) is 0 Å². The number of rotatable bonds is 5. The van der Waals surface area contributed by atoms with Gasteiger partial charge in [0.2, 0.25) is 0 Å². The summed E-state index contributed by atoms with van der Waals surface area (Å²) in [7, 11) is 0. The number of aryl methyl sites for hydroxylation is 3. The number of esters is 1. The number of nitrogens with zero attached hydrogens (tertiary/aromatic N) is 1. The standard InChI is InChI=1S/C24H26N2O3/c1-6-29-24(28)21-14-17(4)26(18(21)5)20-10-8-19(9-11-20)23(27)25-22-12-7-15(2)13-16(22)3/h7-14H,6H2,1-5H3,(H,25,27). The summed E-state index contributed by atoms with van der Waals surface area (Å²) in [5.41, 5.74) is 6.75. The van der Waals surface area contributed by atoms with E-state index in [0.29, 0.717) is 17.7 Å². The molecule has 0 aliphatic carbocycles. The summed E-state index contributed by atoms with van der Waals surface area (Å²) in [6, 6.07) is 15.1. The zero-order valence-corrected chi connectivity index (χ0v) is 17.5. The number of nitrogens with one attached hydrogen (secondary N) is 1. The van der Waals surface area contributed by atoms with Crippen LogP contribution in [0.1, 0.15) is 50.2 Å². The average molecular weight is 390 g/mol. The lowest BCUT2D eigenvalue weighted by atomic mass is 10.1. The van der Waals surface area contributed by atoms with Crippen molar-refractivity contribution in [2.45, 2.75) is 34.6 Å². The Kier molecular flexibility index (Phi) is 5.87. The molecule has 0 radical (unpaired) electrons. The molecule has 5 nitrogen and oxygen atoms in total. The minimum absolute atomic E-state index is 0.156. The molecule has 5 heteroatoms. The minimum atomic E-state index is -0.323. The molecule has 0 fully saturated rings. The first-order valence-corrected chi connectivity index (χ1v) is 9.67. The first-order chi connectivity index (χ1) is 13.8. The summed E-state index contributed by atoms with van der Waals surface area (Å²) in [6.07, 6.45) is 0.